The standard InChI is InChI=1S/C14H17BrN2O/c1-10-3-2-4-11(15)12(10)13(18)16-14-5-7-17(9-14)8-6-14/h2-4H,5-9H2,1H3,(H,16,18). The number of rotatable bonds is 2. The molecule has 2 fully saturated rings. The molecule has 2 aliphatic heterocycles. The van der Waals surface area contributed by atoms with Gasteiger partial charge in [0, 0.05) is 24.1 Å². The van der Waals surface area contributed by atoms with Crippen molar-refractivity contribution in [2.24, 2.45) is 0 Å². The molecule has 2 saturated heterocycles. The van der Waals surface area contributed by atoms with E-state index >= 15 is 0 Å². The highest BCUT2D eigenvalue weighted by atomic mass is 79.9. The first-order valence-electron chi connectivity index (χ1n) is 6.40. The van der Waals surface area contributed by atoms with E-state index in [9.17, 15) is 4.79 Å². The number of nitrogens with one attached hydrogen (secondary N) is 1. The summed E-state index contributed by atoms with van der Waals surface area (Å²) in [7, 11) is 0. The Kier molecular flexibility index (Phi) is 2.94. The molecule has 3 nitrogen and oxygen atoms in total. The number of hydrogen-bond donors (Lipinski definition) is 1. The van der Waals surface area contributed by atoms with Crippen LogP contribution >= 0.6 is 15.9 Å². The van der Waals surface area contributed by atoms with E-state index in [4.69, 9.17) is 0 Å². The summed E-state index contributed by atoms with van der Waals surface area (Å²) in [5.41, 5.74) is 1.82. The van der Waals surface area contributed by atoms with Crippen molar-refractivity contribution in [2.45, 2.75) is 25.3 Å². The summed E-state index contributed by atoms with van der Waals surface area (Å²) in [6, 6.07) is 5.86. The van der Waals surface area contributed by atoms with Gasteiger partial charge in [-0.15, -0.1) is 0 Å². The van der Waals surface area contributed by atoms with Gasteiger partial charge in [0.1, 0.15) is 0 Å². The van der Waals surface area contributed by atoms with E-state index in [0.29, 0.717) is 0 Å². The maximum absolute atomic E-state index is 12.5. The van der Waals surface area contributed by atoms with E-state index in [1.54, 1.807) is 0 Å². The van der Waals surface area contributed by atoms with Crippen LogP contribution in [0.1, 0.15) is 28.8 Å². The number of benzene rings is 1. The lowest BCUT2D eigenvalue weighted by Gasteiger charge is -2.27. The van der Waals surface area contributed by atoms with Gasteiger partial charge in [-0.3, -0.25) is 4.79 Å². The summed E-state index contributed by atoms with van der Waals surface area (Å²) in [6.07, 6.45) is 2.17. The molecule has 4 heteroatoms. The van der Waals surface area contributed by atoms with Gasteiger partial charge in [0.25, 0.3) is 5.91 Å². The Morgan fingerprint density at radius 1 is 1.39 bits per heavy atom. The van der Waals surface area contributed by atoms with Gasteiger partial charge in [0.05, 0.1) is 11.1 Å². The van der Waals surface area contributed by atoms with Gasteiger partial charge >= 0.3 is 0 Å². The molecule has 96 valence electrons. The minimum absolute atomic E-state index is 0.0266. The summed E-state index contributed by atoms with van der Waals surface area (Å²) in [4.78, 5) is 14.9. The third-order valence-electron chi connectivity index (χ3n) is 4.17. The zero-order valence-electron chi connectivity index (χ0n) is 10.5. The fraction of sp³-hybridized carbons (Fsp3) is 0.500. The lowest BCUT2D eigenvalue weighted by atomic mass is 9.94. The molecule has 2 heterocycles. The smallest absolute Gasteiger partial charge is 0.253 e. The number of aryl methyl sites for hydroxylation is 1. The van der Waals surface area contributed by atoms with Gasteiger partial charge in [0.15, 0.2) is 0 Å². The second kappa shape index (κ2) is 4.35. The van der Waals surface area contributed by atoms with E-state index in [1.807, 2.05) is 25.1 Å². The lowest BCUT2D eigenvalue weighted by Crippen LogP contribution is -2.48. The van der Waals surface area contributed by atoms with Crippen LogP contribution in [-0.2, 0) is 0 Å². The van der Waals surface area contributed by atoms with Crippen LogP contribution < -0.4 is 5.32 Å². The second-order valence-electron chi connectivity index (χ2n) is 5.44. The Labute approximate surface area is 116 Å². The molecule has 3 rings (SSSR count). The van der Waals surface area contributed by atoms with Crippen molar-refractivity contribution in [3.8, 4) is 0 Å². The molecular weight excluding hydrogens is 292 g/mol. The predicted molar refractivity (Wildman–Crippen MR) is 74.8 cm³/mol. The zero-order valence-corrected chi connectivity index (χ0v) is 12.1. The Morgan fingerprint density at radius 3 is 2.67 bits per heavy atom. The quantitative estimate of drug-likeness (QED) is 0.909. The number of fused-ring (bicyclic) bond motifs is 2. The van der Waals surface area contributed by atoms with E-state index in [2.05, 4.69) is 26.1 Å². The fourth-order valence-corrected chi connectivity index (χ4v) is 3.76. The first kappa shape index (κ1) is 12.2. The number of nitrogens with zero attached hydrogens (tertiary/aromatic N) is 1. The van der Waals surface area contributed by atoms with Gasteiger partial charge in [-0.05, 0) is 47.3 Å². The maximum atomic E-state index is 12.5. The SMILES string of the molecule is Cc1cccc(Br)c1C(=O)NC12CCN(CC1)C2. The number of carbonyl (C=O) groups is 1. The van der Waals surface area contributed by atoms with Crippen LogP contribution in [0.25, 0.3) is 0 Å². The van der Waals surface area contributed by atoms with Crippen LogP contribution in [0.2, 0.25) is 0 Å². The number of carbonyl (C=O) groups excluding carboxylic acids is 1. The van der Waals surface area contributed by atoms with E-state index in [-0.39, 0.29) is 11.4 Å². The van der Waals surface area contributed by atoms with Crippen LogP contribution in [0, 0.1) is 6.92 Å². The maximum Gasteiger partial charge on any atom is 0.253 e. The molecule has 0 atom stereocenters. The highest BCUT2D eigenvalue weighted by Crippen LogP contribution is 2.33. The minimum Gasteiger partial charge on any atom is -0.345 e. The minimum atomic E-state index is 0.0266. The molecule has 2 aliphatic rings. The molecule has 0 aliphatic carbocycles. The van der Waals surface area contributed by atoms with Gasteiger partial charge in [0.2, 0.25) is 0 Å². The summed E-state index contributed by atoms with van der Waals surface area (Å²) in [6.45, 7) is 5.24. The summed E-state index contributed by atoms with van der Waals surface area (Å²) in [5, 5.41) is 3.27. The average Bonchev–Trinajstić information content (AvgIpc) is 2.88. The predicted octanol–water partition coefficient (Wildman–Crippen LogP) is 2.34. The lowest BCUT2D eigenvalue weighted by molar-refractivity contribution is 0.0906. The number of amides is 1. The highest BCUT2D eigenvalue weighted by Gasteiger charge is 2.44. The van der Waals surface area contributed by atoms with Crippen molar-refractivity contribution in [3.63, 3.8) is 0 Å². The molecule has 1 N–H and O–H groups in total. The molecule has 1 amide bonds. The van der Waals surface area contributed by atoms with Crippen LogP contribution in [0.4, 0.5) is 0 Å². The van der Waals surface area contributed by atoms with E-state index in [0.717, 1.165) is 48.1 Å². The number of hydrogen-bond acceptors (Lipinski definition) is 2. The van der Waals surface area contributed by atoms with Crippen LogP contribution in [0.5, 0.6) is 0 Å². The summed E-state index contributed by atoms with van der Waals surface area (Å²) < 4.78 is 0.879. The zero-order chi connectivity index (χ0) is 12.8. The van der Waals surface area contributed by atoms with Gasteiger partial charge in [-0.25, -0.2) is 0 Å². The molecule has 0 radical (unpaired) electrons. The van der Waals surface area contributed by atoms with Gasteiger partial charge in [-0.1, -0.05) is 12.1 Å². The van der Waals surface area contributed by atoms with Crippen molar-refractivity contribution < 1.29 is 4.79 Å². The molecule has 1 aromatic carbocycles. The van der Waals surface area contributed by atoms with Crippen molar-refractivity contribution in [1.29, 1.82) is 0 Å². The van der Waals surface area contributed by atoms with Crippen LogP contribution in [0.15, 0.2) is 22.7 Å². The normalized spacial score (nSPS) is 29.6. The molecule has 0 spiro atoms. The van der Waals surface area contributed by atoms with Gasteiger partial charge in [-0.2, -0.15) is 0 Å². The van der Waals surface area contributed by atoms with E-state index in [1.165, 1.54) is 0 Å². The van der Waals surface area contributed by atoms with Crippen molar-refractivity contribution in [3.05, 3.63) is 33.8 Å². The Balaban J connectivity index is 1.83. The first-order valence-corrected chi connectivity index (χ1v) is 7.19. The summed E-state index contributed by atoms with van der Waals surface area (Å²) in [5.74, 6) is 0.0590. The first-order chi connectivity index (χ1) is 8.60. The Bertz CT molecular complexity index is 472. The molecular formula is C14H17BrN2O. The van der Waals surface area contributed by atoms with Crippen molar-refractivity contribution >= 4 is 21.8 Å². The second-order valence-corrected chi connectivity index (χ2v) is 6.30. The molecule has 0 aromatic heterocycles. The molecule has 1 aromatic rings. The van der Waals surface area contributed by atoms with E-state index < -0.39 is 0 Å². The Hall–Kier alpha value is -0.870. The monoisotopic (exact) mass is 308 g/mol. The summed E-state index contributed by atoms with van der Waals surface area (Å²) >= 11 is 3.48. The molecule has 2 bridgehead atoms. The van der Waals surface area contributed by atoms with Crippen molar-refractivity contribution in [1.82, 2.24) is 10.2 Å². The van der Waals surface area contributed by atoms with Crippen LogP contribution in [-0.4, -0.2) is 36.0 Å². The third kappa shape index (κ3) is 1.97. The highest BCUT2D eigenvalue weighted by molar-refractivity contribution is 9.10. The molecule has 0 saturated carbocycles. The molecule has 18 heavy (non-hydrogen) atoms. The van der Waals surface area contributed by atoms with Crippen molar-refractivity contribution in [2.75, 3.05) is 19.6 Å². The average molecular weight is 309 g/mol. The Morgan fingerprint density at radius 2 is 2.11 bits per heavy atom. The molecule has 0 unspecified atom stereocenters. The number of halogens is 1. The fourth-order valence-electron chi connectivity index (χ4n) is 3.11. The topological polar surface area (TPSA) is 32.3 Å². The van der Waals surface area contributed by atoms with Gasteiger partial charge < -0.3 is 10.2 Å². The number of piperidine rings is 1. The van der Waals surface area contributed by atoms with Crippen LogP contribution in [0.3, 0.4) is 0 Å². The largest absolute Gasteiger partial charge is 0.345 e. The third-order valence-corrected chi connectivity index (χ3v) is 4.83.